The Morgan fingerprint density at radius 2 is 1.52 bits per heavy atom. The fraction of sp³-hybridized carbons (Fsp3) is 0.500. The van der Waals surface area contributed by atoms with E-state index in [1.165, 1.54) is 0 Å². The van der Waals surface area contributed by atoms with Gasteiger partial charge in [-0.3, -0.25) is 9.59 Å². The molecular formula is C16H21ClN2O4. The van der Waals surface area contributed by atoms with Crippen molar-refractivity contribution in [3.05, 3.63) is 23.8 Å². The topological polar surface area (TPSA) is 59.1 Å². The second kappa shape index (κ2) is 8.06. The number of piperazine rings is 1. The predicted molar refractivity (Wildman–Crippen MR) is 87.4 cm³/mol. The zero-order valence-corrected chi connectivity index (χ0v) is 14.1. The molecule has 1 saturated heterocycles. The molecule has 2 amide bonds. The van der Waals surface area contributed by atoms with Crippen LogP contribution >= 0.6 is 11.6 Å². The highest BCUT2D eigenvalue weighted by Crippen LogP contribution is 2.23. The standard InChI is InChI=1S/C16H21ClN2O4/c1-22-13-9-12(10-14(11-13)23-2)16(21)19-7-5-18(6-8-19)15(20)3-4-17/h9-11H,3-8H2,1-2H3. The molecule has 1 aromatic carbocycles. The molecule has 0 aliphatic carbocycles. The molecule has 1 aliphatic heterocycles. The van der Waals surface area contributed by atoms with Crippen LogP contribution in [0.25, 0.3) is 0 Å². The first kappa shape index (κ1) is 17.4. The summed E-state index contributed by atoms with van der Waals surface area (Å²) in [7, 11) is 3.09. The van der Waals surface area contributed by atoms with Gasteiger partial charge >= 0.3 is 0 Å². The number of amides is 2. The number of rotatable bonds is 5. The van der Waals surface area contributed by atoms with Crippen molar-refractivity contribution in [2.24, 2.45) is 0 Å². The average Bonchev–Trinajstić information content (AvgIpc) is 2.60. The van der Waals surface area contributed by atoms with Gasteiger partial charge in [0.05, 0.1) is 14.2 Å². The largest absolute Gasteiger partial charge is 0.497 e. The van der Waals surface area contributed by atoms with E-state index in [0.29, 0.717) is 55.5 Å². The SMILES string of the molecule is COc1cc(OC)cc(C(=O)N2CCN(C(=O)CCCl)CC2)c1. The summed E-state index contributed by atoms with van der Waals surface area (Å²) in [5, 5.41) is 0. The van der Waals surface area contributed by atoms with Crippen molar-refractivity contribution in [1.82, 2.24) is 9.80 Å². The van der Waals surface area contributed by atoms with Crippen LogP contribution in [0.3, 0.4) is 0 Å². The van der Waals surface area contributed by atoms with E-state index in [-0.39, 0.29) is 11.8 Å². The summed E-state index contributed by atoms with van der Waals surface area (Å²) in [5.41, 5.74) is 0.515. The Morgan fingerprint density at radius 1 is 1.00 bits per heavy atom. The number of hydrogen-bond acceptors (Lipinski definition) is 4. The lowest BCUT2D eigenvalue weighted by Crippen LogP contribution is -2.50. The van der Waals surface area contributed by atoms with Crippen molar-refractivity contribution >= 4 is 23.4 Å². The zero-order valence-electron chi connectivity index (χ0n) is 13.4. The summed E-state index contributed by atoms with van der Waals surface area (Å²) in [5.74, 6) is 1.41. The number of hydrogen-bond donors (Lipinski definition) is 0. The molecule has 0 bridgehead atoms. The van der Waals surface area contributed by atoms with E-state index in [9.17, 15) is 9.59 Å². The minimum Gasteiger partial charge on any atom is -0.497 e. The second-order valence-corrected chi connectivity index (χ2v) is 5.59. The maximum atomic E-state index is 12.6. The third-order valence-corrected chi connectivity index (χ3v) is 4.02. The van der Waals surface area contributed by atoms with Crippen LogP contribution in [0.2, 0.25) is 0 Å². The van der Waals surface area contributed by atoms with Crippen LogP contribution in [-0.2, 0) is 4.79 Å². The molecule has 7 heteroatoms. The van der Waals surface area contributed by atoms with E-state index in [2.05, 4.69) is 0 Å². The molecule has 126 valence electrons. The van der Waals surface area contributed by atoms with Gasteiger partial charge in [0.2, 0.25) is 5.91 Å². The lowest BCUT2D eigenvalue weighted by Gasteiger charge is -2.34. The normalized spacial score (nSPS) is 14.6. The van der Waals surface area contributed by atoms with Crippen molar-refractivity contribution in [3.8, 4) is 11.5 Å². The smallest absolute Gasteiger partial charge is 0.254 e. The van der Waals surface area contributed by atoms with E-state index >= 15 is 0 Å². The summed E-state index contributed by atoms with van der Waals surface area (Å²) in [6.45, 7) is 2.07. The molecule has 0 radical (unpaired) electrons. The number of ether oxygens (including phenoxy) is 2. The van der Waals surface area contributed by atoms with E-state index in [1.54, 1.807) is 42.2 Å². The third kappa shape index (κ3) is 4.28. The van der Waals surface area contributed by atoms with Gasteiger partial charge in [0, 0.05) is 50.1 Å². The molecule has 1 fully saturated rings. The summed E-state index contributed by atoms with van der Waals surface area (Å²) in [6.07, 6.45) is 0.336. The number of carbonyl (C=O) groups is 2. The molecule has 1 heterocycles. The van der Waals surface area contributed by atoms with Crippen molar-refractivity contribution in [2.75, 3.05) is 46.3 Å². The van der Waals surface area contributed by atoms with Crippen LogP contribution in [0.15, 0.2) is 18.2 Å². The Morgan fingerprint density at radius 3 is 2.00 bits per heavy atom. The van der Waals surface area contributed by atoms with Gasteiger partial charge in [-0.1, -0.05) is 0 Å². The Labute approximate surface area is 140 Å². The average molecular weight is 341 g/mol. The van der Waals surface area contributed by atoms with Crippen LogP contribution in [0.1, 0.15) is 16.8 Å². The molecule has 0 aromatic heterocycles. The lowest BCUT2D eigenvalue weighted by molar-refractivity contribution is -0.132. The molecule has 0 unspecified atom stereocenters. The van der Waals surface area contributed by atoms with Crippen LogP contribution in [0.4, 0.5) is 0 Å². The van der Waals surface area contributed by atoms with Gasteiger partial charge in [-0.15, -0.1) is 11.6 Å². The fourth-order valence-electron chi connectivity index (χ4n) is 2.51. The first-order chi connectivity index (χ1) is 11.1. The van der Waals surface area contributed by atoms with Gasteiger partial charge in [-0.05, 0) is 12.1 Å². The molecule has 1 aromatic rings. The Hall–Kier alpha value is -1.95. The number of nitrogens with zero attached hydrogens (tertiary/aromatic N) is 2. The molecule has 2 rings (SSSR count). The van der Waals surface area contributed by atoms with Crippen LogP contribution in [-0.4, -0.2) is 67.9 Å². The minimum atomic E-state index is -0.0911. The summed E-state index contributed by atoms with van der Waals surface area (Å²) in [6, 6.07) is 5.10. The van der Waals surface area contributed by atoms with E-state index in [1.807, 2.05) is 0 Å². The minimum absolute atomic E-state index is 0.0372. The quantitative estimate of drug-likeness (QED) is 0.764. The van der Waals surface area contributed by atoms with Crippen LogP contribution in [0, 0.1) is 0 Å². The Kier molecular flexibility index (Phi) is 6.10. The summed E-state index contributed by atoms with van der Waals surface area (Å²) < 4.78 is 10.4. The Balaban J connectivity index is 2.03. The predicted octanol–water partition coefficient (Wildman–Crippen LogP) is 1.62. The van der Waals surface area contributed by atoms with Gasteiger partial charge < -0.3 is 19.3 Å². The van der Waals surface area contributed by atoms with E-state index < -0.39 is 0 Å². The zero-order chi connectivity index (χ0) is 16.8. The Bertz CT molecular complexity index is 549. The van der Waals surface area contributed by atoms with Crippen LogP contribution < -0.4 is 9.47 Å². The molecular weight excluding hydrogens is 320 g/mol. The molecule has 0 spiro atoms. The maximum Gasteiger partial charge on any atom is 0.254 e. The van der Waals surface area contributed by atoms with E-state index in [0.717, 1.165) is 0 Å². The highest BCUT2D eigenvalue weighted by atomic mass is 35.5. The van der Waals surface area contributed by atoms with E-state index in [4.69, 9.17) is 21.1 Å². The number of alkyl halides is 1. The molecule has 23 heavy (non-hydrogen) atoms. The second-order valence-electron chi connectivity index (χ2n) is 5.21. The molecule has 0 N–H and O–H groups in total. The summed E-state index contributed by atoms with van der Waals surface area (Å²) >= 11 is 5.60. The maximum absolute atomic E-state index is 12.6. The highest BCUT2D eigenvalue weighted by molar-refractivity contribution is 6.18. The first-order valence-corrected chi connectivity index (χ1v) is 7.98. The third-order valence-electron chi connectivity index (χ3n) is 3.83. The first-order valence-electron chi connectivity index (χ1n) is 7.45. The van der Waals surface area contributed by atoms with Gasteiger partial charge in [0.15, 0.2) is 0 Å². The number of methoxy groups -OCH3 is 2. The molecule has 6 nitrogen and oxygen atoms in total. The fourth-order valence-corrected chi connectivity index (χ4v) is 2.67. The molecule has 1 aliphatic rings. The molecule has 0 atom stereocenters. The number of halogens is 1. The number of carbonyl (C=O) groups excluding carboxylic acids is 2. The molecule has 0 saturated carbocycles. The van der Waals surface area contributed by atoms with Crippen molar-refractivity contribution in [1.29, 1.82) is 0 Å². The van der Waals surface area contributed by atoms with Crippen molar-refractivity contribution < 1.29 is 19.1 Å². The van der Waals surface area contributed by atoms with Gasteiger partial charge in [0.1, 0.15) is 11.5 Å². The summed E-state index contributed by atoms with van der Waals surface area (Å²) in [4.78, 5) is 27.9. The highest BCUT2D eigenvalue weighted by Gasteiger charge is 2.25. The van der Waals surface area contributed by atoms with Crippen molar-refractivity contribution in [2.45, 2.75) is 6.42 Å². The monoisotopic (exact) mass is 340 g/mol. The number of benzene rings is 1. The lowest BCUT2D eigenvalue weighted by atomic mass is 10.1. The van der Waals surface area contributed by atoms with Crippen molar-refractivity contribution in [3.63, 3.8) is 0 Å². The van der Waals surface area contributed by atoms with Gasteiger partial charge in [-0.2, -0.15) is 0 Å². The van der Waals surface area contributed by atoms with Gasteiger partial charge in [0.25, 0.3) is 5.91 Å². The van der Waals surface area contributed by atoms with Gasteiger partial charge in [-0.25, -0.2) is 0 Å². The van der Waals surface area contributed by atoms with Crippen LogP contribution in [0.5, 0.6) is 11.5 Å².